The molecule has 3 saturated heterocycles. The van der Waals surface area contributed by atoms with Gasteiger partial charge in [0.1, 0.15) is 84.6 Å². The van der Waals surface area contributed by atoms with E-state index in [0.717, 1.165) is 55.0 Å². The molecule has 0 spiro atoms. The molecule has 19 amide bonds. The molecule has 5 heterocycles. The zero-order chi connectivity index (χ0) is 80.8. The van der Waals surface area contributed by atoms with Crippen LogP contribution in [0, 0.1) is 5.92 Å². The van der Waals surface area contributed by atoms with Gasteiger partial charge in [0, 0.05) is 72.6 Å². The summed E-state index contributed by atoms with van der Waals surface area (Å²) in [6.45, 7) is 2.77. The largest absolute Gasteiger partial charge is 0.394 e. The molecule has 2 aromatic heterocycles. The van der Waals surface area contributed by atoms with Crippen molar-refractivity contribution in [2.45, 2.75) is 170 Å². The second kappa shape index (κ2) is 44.2. The first-order chi connectivity index (χ1) is 51.6. The van der Waals surface area contributed by atoms with Crippen LogP contribution in [0.4, 0.5) is 0 Å². The Labute approximate surface area is 638 Å². The van der Waals surface area contributed by atoms with E-state index in [1.165, 1.54) is 32.0 Å². The van der Waals surface area contributed by atoms with Gasteiger partial charge in [-0.15, -0.1) is 0 Å². The molecule has 0 radical (unpaired) electrons. The smallest absolute Gasteiger partial charge is 0.246 e. The zero-order valence-electron chi connectivity index (χ0n) is 59.6. The average molecular weight is 1610 g/mol. The fourth-order valence-electron chi connectivity index (χ4n) is 10.6. The summed E-state index contributed by atoms with van der Waals surface area (Å²) >= 11 is 0. The van der Waals surface area contributed by atoms with Crippen molar-refractivity contribution in [1.29, 1.82) is 0 Å². The van der Waals surface area contributed by atoms with Gasteiger partial charge < -0.3 is 123 Å². The summed E-state index contributed by atoms with van der Waals surface area (Å²) in [4.78, 5) is 277. The highest BCUT2D eigenvalue weighted by molar-refractivity contribution is 8.77. The van der Waals surface area contributed by atoms with Crippen molar-refractivity contribution in [2.24, 2.45) is 34.6 Å². The highest BCUT2D eigenvalue weighted by Crippen LogP contribution is 2.26. The Morgan fingerprint density at radius 2 is 1.05 bits per heavy atom. The molecular formula is C61H92N24O20S4. The monoisotopic (exact) mass is 1610 g/mol. The molecule has 3 unspecified atom stereocenters. The summed E-state index contributed by atoms with van der Waals surface area (Å²) in [6, 6.07) is -23.4. The Hall–Kier alpha value is -10.3. The van der Waals surface area contributed by atoms with Crippen LogP contribution in [-0.2, 0) is 104 Å². The van der Waals surface area contributed by atoms with Gasteiger partial charge in [0.15, 0.2) is 0 Å². The minimum atomic E-state index is -2.04. The van der Waals surface area contributed by atoms with Gasteiger partial charge in [0.2, 0.25) is 112 Å². The number of fused-ring (bicyclic) bond motifs is 9. The molecule has 0 aliphatic carbocycles. The van der Waals surface area contributed by atoms with Crippen molar-refractivity contribution in [1.82, 2.24) is 99.3 Å². The van der Waals surface area contributed by atoms with Crippen LogP contribution in [0.1, 0.15) is 84.0 Å². The van der Waals surface area contributed by atoms with Crippen LogP contribution in [-0.4, -0.2) is 276 Å². The number of hydrogen-bond acceptors (Lipinski definition) is 27. The molecule has 2 bridgehead atoms. The lowest BCUT2D eigenvalue weighted by Gasteiger charge is -2.30. The third-order valence-electron chi connectivity index (χ3n) is 16.9. The van der Waals surface area contributed by atoms with Crippen LogP contribution >= 0.6 is 43.2 Å². The number of carbonyl (C=O) groups is 19. The number of imidazole rings is 2. The SMILES string of the molecule is CC[C@H](C)[C@@H]1NC(=O)[C@H](Cc2cnc[nH]2)NC(=O)C(CCC(N)=O)NC(=O)[C@H](CC(N)=O)NC(=O)C(CC(N)=O)NC(=O)CNC(=O)[C@H](C)NC(=O)[C@@H]2CSSC[C@H](NC(=O)CN)C(=O)N[C@@H](CSSCC(C(N)=O)NC1=O)C(=O)N[C@@H](CO)C(=O)N[C@@H](Cc1cnc[nH]1)C(=O)N1CCC[C@H]1C(=O)N[C@@H](C)C(=O)N2. The Morgan fingerprint density at radius 3 is 1.61 bits per heavy atom. The van der Waals surface area contributed by atoms with E-state index < -0.39 is 278 Å². The van der Waals surface area contributed by atoms with Crippen LogP contribution in [0.5, 0.6) is 0 Å². The number of primary amides is 4. The normalized spacial score (nSPS) is 27.3. The number of amides is 19. The van der Waals surface area contributed by atoms with E-state index in [-0.39, 0.29) is 37.9 Å². The number of nitrogens with one attached hydrogen (secondary N) is 16. The van der Waals surface area contributed by atoms with Crippen LogP contribution in [0.3, 0.4) is 0 Å². The molecule has 600 valence electrons. The number of rotatable bonds is 17. The zero-order valence-corrected chi connectivity index (χ0v) is 62.8. The Morgan fingerprint density at radius 1 is 0.550 bits per heavy atom. The Bertz CT molecular complexity index is 3640. The van der Waals surface area contributed by atoms with Crippen LogP contribution < -0.4 is 103 Å². The topological polar surface area (TPSA) is 704 Å². The predicted octanol–water partition coefficient (Wildman–Crippen LogP) is -11.3. The molecule has 15 atom stereocenters. The first-order valence-electron chi connectivity index (χ1n) is 34.0. The number of hydrogen-bond donors (Lipinski definition) is 22. The third-order valence-corrected chi connectivity index (χ3v) is 21.7. The Kier molecular flexibility index (Phi) is 36.2. The quantitative estimate of drug-likeness (QED) is 0.0654. The lowest BCUT2D eigenvalue weighted by Crippen LogP contribution is -2.61. The first-order valence-corrected chi connectivity index (χ1v) is 39.0. The first kappa shape index (κ1) is 89.3. The average Bonchev–Trinajstić information content (AvgIpc) is 1.73. The molecule has 109 heavy (non-hydrogen) atoms. The molecule has 3 aliphatic heterocycles. The second-order valence-electron chi connectivity index (χ2n) is 25.3. The summed E-state index contributed by atoms with van der Waals surface area (Å²) in [7, 11) is 3.24. The van der Waals surface area contributed by atoms with Gasteiger partial charge >= 0.3 is 0 Å². The highest BCUT2D eigenvalue weighted by atomic mass is 33.1. The van der Waals surface area contributed by atoms with Crippen molar-refractivity contribution in [3.8, 4) is 0 Å². The second-order valence-corrected chi connectivity index (χ2v) is 30.4. The summed E-state index contributed by atoms with van der Waals surface area (Å²) in [5.74, 6) is -23.3. The van der Waals surface area contributed by atoms with Gasteiger partial charge in [-0.2, -0.15) is 0 Å². The number of aromatic amines is 2. The fraction of sp³-hybridized carbons (Fsp3) is 0.590. The minimum absolute atomic E-state index is 0.0397. The number of H-pyrrole nitrogens is 2. The maximum atomic E-state index is 14.6. The van der Waals surface area contributed by atoms with E-state index >= 15 is 0 Å². The fourth-order valence-corrected chi connectivity index (χ4v) is 15.3. The molecular weight excluding hydrogens is 1520 g/mol. The van der Waals surface area contributed by atoms with Crippen molar-refractivity contribution >= 4 is 155 Å². The van der Waals surface area contributed by atoms with E-state index in [9.17, 15) is 96.2 Å². The van der Waals surface area contributed by atoms with Crippen LogP contribution in [0.25, 0.3) is 0 Å². The van der Waals surface area contributed by atoms with Crippen LogP contribution in [0.15, 0.2) is 25.0 Å². The summed E-state index contributed by atoms with van der Waals surface area (Å²) < 4.78 is 0. The van der Waals surface area contributed by atoms with E-state index in [1.807, 2.05) is 0 Å². The van der Waals surface area contributed by atoms with E-state index in [2.05, 4.69) is 94.4 Å². The van der Waals surface area contributed by atoms with E-state index in [4.69, 9.17) is 28.7 Å². The van der Waals surface area contributed by atoms with Crippen molar-refractivity contribution in [3.05, 3.63) is 36.4 Å². The van der Waals surface area contributed by atoms with Gasteiger partial charge in [-0.05, 0) is 39.0 Å². The number of aliphatic hydroxyl groups excluding tert-OH is 1. The van der Waals surface area contributed by atoms with Gasteiger partial charge in [0.25, 0.3) is 0 Å². The highest BCUT2D eigenvalue weighted by Gasteiger charge is 2.42. The minimum Gasteiger partial charge on any atom is -0.394 e. The molecule has 27 N–H and O–H groups in total. The molecule has 3 aliphatic rings. The number of nitrogens with two attached hydrogens (primary N) is 5. The maximum Gasteiger partial charge on any atom is 0.246 e. The van der Waals surface area contributed by atoms with Gasteiger partial charge in [0.05, 0.1) is 45.2 Å². The molecule has 0 aromatic carbocycles. The number of nitrogens with zero attached hydrogens (tertiary/aromatic N) is 3. The Balaban J connectivity index is 1.62. The summed E-state index contributed by atoms with van der Waals surface area (Å²) in [6.07, 6.45) is 1.71. The number of aromatic nitrogens is 4. The maximum absolute atomic E-state index is 14.6. The summed E-state index contributed by atoms with van der Waals surface area (Å²) in [5, 5.41) is 44.3. The van der Waals surface area contributed by atoms with Crippen molar-refractivity contribution in [3.63, 3.8) is 0 Å². The van der Waals surface area contributed by atoms with Crippen LogP contribution in [0.2, 0.25) is 0 Å². The molecule has 48 heteroatoms. The molecule has 0 saturated carbocycles. The molecule has 3 fully saturated rings. The lowest BCUT2D eigenvalue weighted by atomic mass is 9.97. The van der Waals surface area contributed by atoms with Gasteiger partial charge in [-0.3, -0.25) is 91.1 Å². The standard InChI is InChI=1S/C61H92N24O20S4/c1-5-26(2)47-60(104)81-37(48(66)92)20-106-108-23-40-58(102)80-36(19-86)55(99)79-35(12-30-17-68-25-71-30)61(105)85-10-6-7-41(85)59(103)73-28(4)50(94)82-39(22-109-107-21-38(57(101)83-40)75-45(90)15-62)56(100)72-27(3)49(93)69-18-46(91)74-33(13-43(64)88)52(96)78-34(14-44(65)89)53(97)76-31(8-9-42(63)87)51(95)77-32(54(98)84-47)11-29-16-67-24-70-29/h16-17,24-28,31-41,47,86H,5-15,18-23,62H2,1-4H3,(H2,63,87)(H2,64,88)(H2,65,89)(H2,66,92)(H,67,70)(H,68,71)(H,69,93)(H,72,100)(H,73,103)(H,74,91)(H,75,90)(H,76,97)(H,77,95)(H,78,96)(H,79,99)(H,80,102)(H,81,104)(H,82,94)(H,83,101)(H,84,98)/t26-,27-,28-,31?,32-,33?,34-,35-,36-,37?,38-,39-,40-,41-,47-/m0/s1. The predicted molar refractivity (Wildman–Crippen MR) is 389 cm³/mol. The third kappa shape index (κ3) is 29.0. The summed E-state index contributed by atoms with van der Waals surface area (Å²) in [5.41, 5.74) is 28.3. The van der Waals surface area contributed by atoms with Gasteiger partial charge in [-0.25, -0.2) is 9.97 Å². The number of carbonyl (C=O) groups excluding carboxylic acids is 19. The van der Waals surface area contributed by atoms with E-state index in [1.54, 1.807) is 13.8 Å². The molecule has 5 rings (SSSR count). The van der Waals surface area contributed by atoms with Crippen molar-refractivity contribution < 1.29 is 96.2 Å². The molecule has 44 nitrogen and oxygen atoms in total. The molecule has 2 aromatic rings. The van der Waals surface area contributed by atoms with Gasteiger partial charge in [-0.1, -0.05) is 63.4 Å². The van der Waals surface area contributed by atoms with Crippen molar-refractivity contribution in [2.75, 3.05) is 49.3 Å². The number of aliphatic hydroxyl groups is 1. The van der Waals surface area contributed by atoms with E-state index in [0.29, 0.717) is 5.69 Å². The lowest BCUT2D eigenvalue weighted by molar-refractivity contribution is -0.142.